The van der Waals surface area contributed by atoms with Crippen molar-refractivity contribution in [3.8, 4) is 0 Å². The molecular formula is C33H53N3O9. The average Bonchev–Trinajstić information content (AvgIpc) is 2.88. The molecule has 0 saturated carbocycles. The molecule has 0 unspecified atom stereocenters. The summed E-state index contributed by atoms with van der Waals surface area (Å²) in [6, 6.07) is 6.45. The van der Waals surface area contributed by atoms with Gasteiger partial charge >= 0.3 is 30.0 Å². The van der Waals surface area contributed by atoms with Crippen LogP contribution in [0.3, 0.4) is 0 Å². The number of urea groups is 1. The number of rotatable bonds is 15. The lowest BCUT2D eigenvalue weighted by molar-refractivity contribution is -0.159. The Morgan fingerprint density at radius 2 is 1.16 bits per heavy atom. The highest BCUT2D eigenvalue weighted by Gasteiger charge is 2.30. The Morgan fingerprint density at radius 1 is 0.667 bits per heavy atom. The second kappa shape index (κ2) is 18.2. The predicted octanol–water partition coefficient (Wildman–Crippen LogP) is 5.31. The van der Waals surface area contributed by atoms with E-state index < -0.39 is 58.9 Å². The van der Waals surface area contributed by atoms with E-state index in [9.17, 15) is 24.0 Å². The summed E-state index contributed by atoms with van der Waals surface area (Å²) in [4.78, 5) is 63.1. The van der Waals surface area contributed by atoms with Crippen molar-refractivity contribution >= 4 is 30.0 Å². The molecule has 254 valence electrons. The monoisotopic (exact) mass is 635 g/mol. The zero-order valence-corrected chi connectivity index (χ0v) is 28.4. The fraction of sp³-hybridized carbons (Fsp3) is 0.667. The van der Waals surface area contributed by atoms with Crippen molar-refractivity contribution in [2.75, 3.05) is 6.54 Å². The average molecular weight is 636 g/mol. The van der Waals surface area contributed by atoms with Gasteiger partial charge in [0, 0.05) is 13.0 Å². The molecule has 3 amide bonds. The van der Waals surface area contributed by atoms with Crippen molar-refractivity contribution in [3.63, 3.8) is 0 Å². The number of esters is 3. The normalized spacial score (nSPS) is 13.1. The van der Waals surface area contributed by atoms with E-state index in [1.54, 1.807) is 62.3 Å². The molecule has 0 aliphatic heterocycles. The molecule has 0 spiro atoms. The smallest absolute Gasteiger partial charge is 0.407 e. The number of carbonyl (C=O) groups excluding carboxylic acids is 5. The zero-order chi connectivity index (χ0) is 34.3. The van der Waals surface area contributed by atoms with Crippen molar-refractivity contribution in [3.05, 3.63) is 35.9 Å². The van der Waals surface area contributed by atoms with Gasteiger partial charge in [0.25, 0.3) is 0 Å². The Hall–Kier alpha value is -3.83. The number of hydrogen-bond acceptors (Lipinski definition) is 9. The molecule has 0 saturated heterocycles. The molecule has 0 aliphatic rings. The molecule has 45 heavy (non-hydrogen) atoms. The van der Waals surface area contributed by atoms with Crippen LogP contribution in [0.1, 0.15) is 106 Å². The van der Waals surface area contributed by atoms with E-state index in [2.05, 4.69) is 16.0 Å². The van der Waals surface area contributed by atoms with E-state index in [-0.39, 0.29) is 32.3 Å². The fourth-order valence-corrected chi connectivity index (χ4v) is 3.88. The summed E-state index contributed by atoms with van der Waals surface area (Å²) in [6.45, 7) is 16.0. The summed E-state index contributed by atoms with van der Waals surface area (Å²) in [6.07, 6.45) is 1.07. The quantitative estimate of drug-likeness (QED) is 0.132. The van der Waals surface area contributed by atoms with Gasteiger partial charge in [-0.25, -0.2) is 19.2 Å². The maximum absolute atomic E-state index is 13.1. The molecule has 12 heteroatoms. The molecule has 1 aromatic carbocycles. The number of carbonyl (C=O) groups is 5. The standard InChI is InChI=1S/C33H53N3O9/c1-31(2,3)43-26(37)20-15-19-25(28(39)45-33(7,8)9)36-29(40)35-24(27(38)44-32(4,5)6)18-13-14-21-34-30(41)42-22-23-16-11-10-12-17-23/h10-12,16-17,24-25H,13-15,18-22H2,1-9H3,(H,34,41)(H2,35,36,40)/t24-,25-/m0/s1. The maximum atomic E-state index is 13.1. The highest BCUT2D eigenvalue weighted by atomic mass is 16.6. The van der Waals surface area contributed by atoms with Crippen LogP contribution >= 0.6 is 0 Å². The van der Waals surface area contributed by atoms with Crippen molar-refractivity contribution in [1.29, 1.82) is 0 Å². The molecule has 12 nitrogen and oxygen atoms in total. The summed E-state index contributed by atoms with van der Waals surface area (Å²) < 4.78 is 21.5. The van der Waals surface area contributed by atoms with Gasteiger partial charge in [0.15, 0.2) is 0 Å². The van der Waals surface area contributed by atoms with Gasteiger partial charge in [-0.1, -0.05) is 30.3 Å². The topological polar surface area (TPSA) is 158 Å². The van der Waals surface area contributed by atoms with Gasteiger partial charge in [-0.2, -0.15) is 0 Å². The first kappa shape index (κ1) is 39.2. The van der Waals surface area contributed by atoms with Gasteiger partial charge in [-0.15, -0.1) is 0 Å². The summed E-state index contributed by atoms with van der Waals surface area (Å²) >= 11 is 0. The number of hydrogen-bond donors (Lipinski definition) is 3. The Balaban J connectivity index is 2.76. The lowest BCUT2D eigenvalue weighted by Crippen LogP contribution is -2.53. The number of benzene rings is 1. The van der Waals surface area contributed by atoms with Gasteiger partial charge in [0.1, 0.15) is 35.5 Å². The fourth-order valence-electron chi connectivity index (χ4n) is 3.88. The Bertz CT molecular complexity index is 1100. The Morgan fingerprint density at radius 3 is 1.64 bits per heavy atom. The van der Waals surface area contributed by atoms with Crippen LogP contribution in [0.5, 0.6) is 0 Å². The third kappa shape index (κ3) is 19.9. The van der Waals surface area contributed by atoms with E-state index in [4.69, 9.17) is 18.9 Å². The van der Waals surface area contributed by atoms with Crippen molar-refractivity contribution in [2.24, 2.45) is 0 Å². The predicted molar refractivity (Wildman–Crippen MR) is 169 cm³/mol. The van der Waals surface area contributed by atoms with E-state index >= 15 is 0 Å². The molecule has 2 atom stereocenters. The summed E-state index contributed by atoms with van der Waals surface area (Å²) in [5.74, 6) is -1.72. The molecule has 1 rings (SSSR count). The molecule has 0 aromatic heterocycles. The van der Waals surface area contributed by atoms with Gasteiger partial charge < -0.3 is 34.9 Å². The third-order valence-electron chi connectivity index (χ3n) is 5.69. The van der Waals surface area contributed by atoms with E-state index in [0.29, 0.717) is 19.4 Å². The van der Waals surface area contributed by atoms with Gasteiger partial charge in [0.2, 0.25) is 0 Å². The number of unbranched alkanes of at least 4 members (excludes halogenated alkanes) is 1. The molecule has 0 fully saturated rings. The van der Waals surface area contributed by atoms with Crippen LogP contribution in [0.4, 0.5) is 9.59 Å². The van der Waals surface area contributed by atoms with Crippen LogP contribution in [0.15, 0.2) is 30.3 Å². The van der Waals surface area contributed by atoms with E-state index in [1.807, 2.05) is 30.3 Å². The Kier molecular flexibility index (Phi) is 15.9. The van der Waals surface area contributed by atoms with Crippen LogP contribution < -0.4 is 16.0 Å². The van der Waals surface area contributed by atoms with Gasteiger partial charge in [-0.3, -0.25) is 4.79 Å². The SMILES string of the molecule is CC(C)(C)OC(=O)CCC[C@H](NC(=O)N[C@@H](CCCCNC(=O)OCc1ccccc1)C(=O)OC(C)(C)C)C(=O)OC(C)(C)C. The molecule has 0 radical (unpaired) electrons. The van der Waals surface area contributed by atoms with Crippen molar-refractivity contribution in [2.45, 2.75) is 136 Å². The number of nitrogens with one attached hydrogen (secondary N) is 3. The minimum atomic E-state index is -1.07. The first-order chi connectivity index (χ1) is 20.7. The summed E-state index contributed by atoms with van der Waals surface area (Å²) in [5, 5.41) is 7.89. The summed E-state index contributed by atoms with van der Waals surface area (Å²) in [5.41, 5.74) is -1.37. The van der Waals surface area contributed by atoms with Gasteiger partial charge in [0.05, 0.1) is 0 Å². The van der Waals surface area contributed by atoms with E-state index in [0.717, 1.165) is 5.56 Å². The first-order valence-electron chi connectivity index (χ1n) is 15.4. The first-order valence-corrected chi connectivity index (χ1v) is 15.4. The molecule has 3 N–H and O–H groups in total. The minimum Gasteiger partial charge on any atom is -0.460 e. The Labute approximate surface area is 267 Å². The number of ether oxygens (including phenoxy) is 4. The lowest BCUT2D eigenvalue weighted by Gasteiger charge is -2.27. The second-order valence-corrected chi connectivity index (χ2v) is 13.8. The van der Waals surface area contributed by atoms with Gasteiger partial charge in [-0.05, 0) is 100.0 Å². The third-order valence-corrected chi connectivity index (χ3v) is 5.69. The van der Waals surface area contributed by atoms with Crippen molar-refractivity contribution < 1.29 is 42.9 Å². The van der Waals surface area contributed by atoms with Crippen LogP contribution in [-0.2, 0) is 39.9 Å². The number of alkyl carbamates (subject to hydrolysis) is 1. The zero-order valence-electron chi connectivity index (χ0n) is 28.4. The lowest BCUT2D eigenvalue weighted by atomic mass is 10.1. The highest BCUT2D eigenvalue weighted by Crippen LogP contribution is 2.15. The van der Waals surface area contributed by atoms with E-state index in [1.165, 1.54) is 0 Å². The van der Waals surface area contributed by atoms with Crippen LogP contribution in [0, 0.1) is 0 Å². The summed E-state index contributed by atoms with van der Waals surface area (Å²) in [7, 11) is 0. The molecular weight excluding hydrogens is 582 g/mol. The molecule has 0 aliphatic carbocycles. The van der Waals surface area contributed by atoms with Crippen molar-refractivity contribution in [1.82, 2.24) is 16.0 Å². The second-order valence-electron chi connectivity index (χ2n) is 13.8. The minimum absolute atomic E-state index is 0.0498. The maximum Gasteiger partial charge on any atom is 0.407 e. The van der Waals surface area contributed by atoms with Crippen LogP contribution in [0.2, 0.25) is 0 Å². The highest BCUT2D eigenvalue weighted by molar-refractivity contribution is 5.87. The van der Waals surface area contributed by atoms with Crippen LogP contribution in [-0.4, -0.2) is 65.5 Å². The largest absolute Gasteiger partial charge is 0.460 e. The number of amides is 3. The molecule has 0 bridgehead atoms. The molecule has 1 aromatic rings. The van der Waals surface area contributed by atoms with Crippen LogP contribution in [0.25, 0.3) is 0 Å². The molecule has 0 heterocycles.